The number of nitrogens with one attached hydrogen (secondary N) is 1. The Bertz CT molecular complexity index is 752. The third-order valence-electron chi connectivity index (χ3n) is 4.82. The lowest BCUT2D eigenvalue weighted by Gasteiger charge is -2.34. The second-order valence-corrected chi connectivity index (χ2v) is 7.72. The van der Waals surface area contributed by atoms with E-state index in [2.05, 4.69) is 17.1 Å². The smallest absolute Gasteiger partial charge is 0.264 e. The maximum absolute atomic E-state index is 13.0. The first-order valence-corrected chi connectivity index (χ1v) is 10.5. The lowest BCUT2D eigenvalue weighted by molar-refractivity contribution is -0.122. The van der Waals surface area contributed by atoms with Crippen molar-refractivity contribution in [1.82, 2.24) is 15.1 Å². The molecule has 1 aliphatic heterocycles. The van der Waals surface area contributed by atoms with Crippen molar-refractivity contribution in [2.24, 2.45) is 0 Å². The van der Waals surface area contributed by atoms with Crippen molar-refractivity contribution in [2.45, 2.75) is 19.8 Å². The van der Waals surface area contributed by atoms with Gasteiger partial charge in [-0.15, -0.1) is 11.3 Å². The van der Waals surface area contributed by atoms with E-state index in [9.17, 15) is 9.59 Å². The first-order chi connectivity index (χ1) is 13.2. The molecule has 3 rings (SSSR count). The molecule has 0 saturated carbocycles. The van der Waals surface area contributed by atoms with Gasteiger partial charge < -0.3 is 10.2 Å². The van der Waals surface area contributed by atoms with E-state index in [1.165, 1.54) is 11.3 Å². The van der Waals surface area contributed by atoms with Gasteiger partial charge >= 0.3 is 0 Å². The highest BCUT2D eigenvalue weighted by atomic mass is 32.1. The Labute approximate surface area is 165 Å². The van der Waals surface area contributed by atoms with Gasteiger partial charge in [0.1, 0.15) is 0 Å². The maximum atomic E-state index is 13.0. The van der Waals surface area contributed by atoms with Crippen LogP contribution in [0.15, 0.2) is 41.8 Å². The standard InChI is InChI=1S/C21H27N3O2S/c1-2-3-10-22-19(25)16-23-11-13-24(14-12-23)21(26)20-18(9-15-27-20)17-7-5-4-6-8-17/h4-9,15H,2-3,10-14,16H2,1H3,(H,22,25). The van der Waals surface area contributed by atoms with E-state index < -0.39 is 0 Å². The van der Waals surface area contributed by atoms with Crippen LogP contribution in [0, 0.1) is 0 Å². The highest BCUT2D eigenvalue weighted by Gasteiger charge is 2.25. The molecule has 144 valence electrons. The number of thiophene rings is 1. The summed E-state index contributed by atoms with van der Waals surface area (Å²) in [5.41, 5.74) is 2.08. The molecule has 27 heavy (non-hydrogen) atoms. The van der Waals surface area contributed by atoms with Gasteiger partial charge in [-0.05, 0) is 23.4 Å². The van der Waals surface area contributed by atoms with Gasteiger partial charge in [0.25, 0.3) is 5.91 Å². The minimum atomic E-state index is 0.0767. The van der Waals surface area contributed by atoms with Crippen LogP contribution in [-0.2, 0) is 4.79 Å². The molecule has 1 aliphatic rings. The summed E-state index contributed by atoms with van der Waals surface area (Å²) >= 11 is 1.50. The zero-order valence-corrected chi connectivity index (χ0v) is 16.6. The van der Waals surface area contributed by atoms with Crippen LogP contribution in [-0.4, -0.2) is 60.9 Å². The molecule has 0 atom stereocenters. The Morgan fingerprint density at radius 3 is 2.52 bits per heavy atom. The van der Waals surface area contributed by atoms with E-state index in [-0.39, 0.29) is 11.8 Å². The average Bonchev–Trinajstić information content (AvgIpc) is 3.19. The van der Waals surface area contributed by atoms with Gasteiger partial charge in [0.2, 0.25) is 5.91 Å². The minimum Gasteiger partial charge on any atom is -0.355 e. The van der Waals surface area contributed by atoms with E-state index >= 15 is 0 Å². The normalized spacial score (nSPS) is 14.9. The summed E-state index contributed by atoms with van der Waals surface area (Å²) in [4.78, 5) is 29.8. The number of hydrogen-bond donors (Lipinski definition) is 1. The molecule has 0 spiro atoms. The number of rotatable bonds is 7. The largest absolute Gasteiger partial charge is 0.355 e. The molecule has 1 fully saturated rings. The third kappa shape index (κ3) is 5.17. The quantitative estimate of drug-likeness (QED) is 0.745. The summed E-state index contributed by atoms with van der Waals surface area (Å²) in [6.45, 7) is 6.06. The lowest BCUT2D eigenvalue weighted by Crippen LogP contribution is -2.51. The fourth-order valence-corrected chi connectivity index (χ4v) is 4.12. The number of carbonyl (C=O) groups excluding carboxylic acids is 2. The SMILES string of the molecule is CCCCNC(=O)CN1CCN(C(=O)c2sccc2-c2ccccc2)CC1. The second-order valence-electron chi connectivity index (χ2n) is 6.80. The van der Waals surface area contributed by atoms with Crippen LogP contribution in [0.2, 0.25) is 0 Å². The van der Waals surface area contributed by atoms with Gasteiger partial charge in [-0.2, -0.15) is 0 Å². The predicted octanol–water partition coefficient (Wildman–Crippen LogP) is 3.09. The summed E-state index contributed by atoms with van der Waals surface area (Å²) in [5, 5.41) is 4.93. The van der Waals surface area contributed by atoms with E-state index in [4.69, 9.17) is 0 Å². The fourth-order valence-electron chi connectivity index (χ4n) is 3.24. The van der Waals surface area contributed by atoms with Gasteiger partial charge in [0.15, 0.2) is 0 Å². The van der Waals surface area contributed by atoms with E-state index in [1.807, 2.05) is 46.7 Å². The molecule has 0 radical (unpaired) electrons. The van der Waals surface area contributed by atoms with Crippen LogP contribution in [0.3, 0.4) is 0 Å². The Morgan fingerprint density at radius 2 is 1.81 bits per heavy atom. The molecule has 0 bridgehead atoms. The summed E-state index contributed by atoms with van der Waals surface area (Å²) < 4.78 is 0. The van der Waals surface area contributed by atoms with Gasteiger partial charge in [-0.1, -0.05) is 43.7 Å². The first kappa shape index (κ1) is 19.6. The van der Waals surface area contributed by atoms with Crippen molar-refractivity contribution in [2.75, 3.05) is 39.3 Å². The topological polar surface area (TPSA) is 52.7 Å². The zero-order valence-electron chi connectivity index (χ0n) is 15.8. The number of nitrogens with zero attached hydrogens (tertiary/aromatic N) is 2. The number of unbranched alkanes of at least 4 members (excludes halogenated alkanes) is 1. The van der Waals surface area contributed by atoms with E-state index in [0.29, 0.717) is 19.6 Å². The van der Waals surface area contributed by atoms with Crippen molar-refractivity contribution in [3.05, 3.63) is 46.7 Å². The van der Waals surface area contributed by atoms with Gasteiger partial charge in [-0.25, -0.2) is 0 Å². The van der Waals surface area contributed by atoms with Crippen LogP contribution in [0.25, 0.3) is 11.1 Å². The van der Waals surface area contributed by atoms with Gasteiger partial charge in [0.05, 0.1) is 11.4 Å². The number of hydrogen-bond acceptors (Lipinski definition) is 4. The first-order valence-electron chi connectivity index (χ1n) is 9.60. The molecular weight excluding hydrogens is 358 g/mol. The third-order valence-corrected chi connectivity index (χ3v) is 5.73. The predicted molar refractivity (Wildman–Crippen MR) is 110 cm³/mol. The number of benzene rings is 1. The molecule has 1 aromatic heterocycles. The summed E-state index contributed by atoms with van der Waals surface area (Å²) in [5.74, 6) is 0.170. The van der Waals surface area contributed by atoms with Crippen molar-refractivity contribution in [1.29, 1.82) is 0 Å². The number of piperazine rings is 1. The average molecular weight is 386 g/mol. The van der Waals surface area contributed by atoms with Crippen LogP contribution in [0.5, 0.6) is 0 Å². The Morgan fingerprint density at radius 1 is 1.07 bits per heavy atom. The molecule has 1 saturated heterocycles. The van der Waals surface area contributed by atoms with Gasteiger partial charge in [0, 0.05) is 38.3 Å². The van der Waals surface area contributed by atoms with Crippen molar-refractivity contribution >= 4 is 23.2 Å². The molecule has 2 aromatic rings. The Kier molecular flexibility index (Phi) is 7.01. The van der Waals surface area contributed by atoms with Crippen molar-refractivity contribution < 1.29 is 9.59 Å². The lowest BCUT2D eigenvalue weighted by atomic mass is 10.1. The highest BCUT2D eigenvalue weighted by molar-refractivity contribution is 7.12. The van der Waals surface area contributed by atoms with E-state index in [0.717, 1.165) is 48.5 Å². The molecule has 0 aliphatic carbocycles. The monoisotopic (exact) mass is 385 g/mol. The van der Waals surface area contributed by atoms with E-state index in [1.54, 1.807) is 0 Å². The van der Waals surface area contributed by atoms with Gasteiger partial charge in [-0.3, -0.25) is 14.5 Å². The zero-order chi connectivity index (χ0) is 19.1. The molecule has 2 heterocycles. The van der Waals surface area contributed by atoms with Crippen LogP contribution in [0.1, 0.15) is 29.4 Å². The van der Waals surface area contributed by atoms with Crippen LogP contribution < -0.4 is 5.32 Å². The van der Waals surface area contributed by atoms with Crippen molar-refractivity contribution in [3.63, 3.8) is 0 Å². The van der Waals surface area contributed by atoms with Crippen LogP contribution >= 0.6 is 11.3 Å². The summed E-state index contributed by atoms with van der Waals surface area (Å²) in [6.07, 6.45) is 2.09. The Balaban J connectivity index is 1.54. The second kappa shape index (κ2) is 9.67. The molecule has 1 aromatic carbocycles. The molecule has 1 N–H and O–H groups in total. The molecular formula is C21H27N3O2S. The molecule has 0 unspecified atom stereocenters. The summed E-state index contributed by atoms with van der Waals surface area (Å²) in [7, 11) is 0. The molecule has 2 amide bonds. The molecule has 6 heteroatoms. The number of carbonyl (C=O) groups is 2. The Hall–Kier alpha value is -2.18. The minimum absolute atomic E-state index is 0.0767. The van der Waals surface area contributed by atoms with Crippen LogP contribution in [0.4, 0.5) is 0 Å². The maximum Gasteiger partial charge on any atom is 0.264 e. The molecule has 5 nitrogen and oxygen atoms in total. The fraction of sp³-hybridized carbons (Fsp3) is 0.429. The van der Waals surface area contributed by atoms with Crippen molar-refractivity contribution in [3.8, 4) is 11.1 Å². The highest BCUT2D eigenvalue weighted by Crippen LogP contribution is 2.29. The summed E-state index contributed by atoms with van der Waals surface area (Å²) in [6, 6.07) is 12.1. The number of amides is 2.